The lowest BCUT2D eigenvalue weighted by atomic mass is 10.4. The predicted molar refractivity (Wildman–Crippen MR) is 52.8 cm³/mol. The minimum atomic E-state index is -1.07. The average molecular weight is 225 g/mol. The lowest BCUT2D eigenvalue weighted by Crippen LogP contribution is -2.32. The lowest BCUT2D eigenvalue weighted by Gasteiger charge is -2.07. The van der Waals surface area contributed by atoms with Crippen LogP contribution in [0.15, 0.2) is 0 Å². The van der Waals surface area contributed by atoms with E-state index in [1.807, 2.05) is 0 Å². The van der Waals surface area contributed by atoms with E-state index < -0.39 is 23.2 Å². The van der Waals surface area contributed by atoms with E-state index in [9.17, 15) is 9.59 Å². The van der Waals surface area contributed by atoms with Gasteiger partial charge in [0.05, 0.1) is 0 Å². The molecule has 0 aromatic carbocycles. The van der Waals surface area contributed by atoms with Crippen molar-refractivity contribution < 1.29 is 19.8 Å². The fourth-order valence-electron chi connectivity index (χ4n) is 0.327. The SMILES string of the molecule is CC(SSCC(N)C(=O)O)C(=O)O. The summed E-state index contributed by atoms with van der Waals surface area (Å²) in [6.45, 7) is 1.53. The molecule has 0 amide bonds. The minimum absolute atomic E-state index is 0.206. The number of carbonyl (C=O) groups is 2. The third-order valence-corrected chi connectivity index (χ3v) is 3.93. The standard InChI is InChI=1S/C6H11NO4S2/c1-3(5(8)9)13-12-2-4(7)6(10)11/h3-4H,2,7H2,1H3,(H,8,9)(H,10,11). The summed E-state index contributed by atoms with van der Waals surface area (Å²) < 4.78 is 0. The number of nitrogens with two attached hydrogens (primary N) is 1. The van der Waals surface area contributed by atoms with Crippen molar-refractivity contribution in [3.63, 3.8) is 0 Å². The number of hydrogen-bond donors (Lipinski definition) is 3. The number of rotatable bonds is 6. The van der Waals surface area contributed by atoms with E-state index in [0.717, 1.165) is 21.6 Å². The fourth-order valence-corrected chi connectivity index (χ4v) is 2.52. The van der Waals surface area contributed by atoms with Gasteiger partial charge in [-0.05, 0) is 6.92 Å². The van der Waals surface area contributed by atoms with Crippen LogP contribution in [0.5, 0.6) is 0 Å². The van der Waals surface area contributed by atoms with Gasteiger partial charge in [0, 0.05) is 5.75 Å². The molecule has 13 heavy (non-hydrogen) atoms. The lowest BCUT2D eigenvalue weighted by molar-refractivity contribution is -0.138. The topological polar surface area (TPSA) is 101 Å². The second kappa shape index (κ2) is 6.11. The maximum Gasteiger partial charge on any atom is 0.321 e. The predicted octanol–water partition coefficient (Wildman–Crippen LogP) is 0.253. The maximum absolute atomic E-state index is 10.3. The van der Waals surface area contributed by atoms with Crippen molar-refractivity contribution in [2.45, 2.75) is 18.2 Å². The summed E-state index contributed by atoms with van der Waals surface area (Å²) in [5.41, 5.74) is 5.20. The van der Waals surface area contributed by atoms with Crippen molar-refractivity contribution in [3.8, 4) is 0 Å². The molecule has 0 rings (SSSR count). The molecule has 0 aliphatic heterocycles. The molecule has 4 N–H and O–H groups in total. The van der Waals surface area contributed by atoms with Gasteiger partial charge >= 0.3 is 11.9 Å². The van der Waals surface area contributed by atoms with Crippen molar-refractivity contribution in [1.82, 2.24) is 0 Å². The molecule has 5 nitrogen and oxygen atoms in total. The van der Waals surface area contributed by atoms with E-state index in [4.69, 9.17) is 15.9 Å². The van der Waals surface area contributed by atoms with Crippen LogP contribution in [0.25, 0.3) is 0 Å². The first-order chi connectivity index (χ1) is 5.95. The van der Waals surface area contributed by atoms with E-state index >= 15 is 0 Å². The molecule has 0 aromatic rings. The molecule has 0 aromatic heterocycles. The average Bonchev–Trinajstić information content (AvgIpc) is 2.03. The van der Waals surface area contributed by atoms with Gasteiger partial charge in [0.1, 0.15) is 11.3 Å². The summed E-state index contributed by atoms with van der Waals surface area (Å²) in [6.07, 6.45) is 0. The van der Waals surface area contributed by atoms with Crippen molar-refractivity contribution in [1.29, 1.82) is 0 Å². The second-order valence-corrected chi connectivity index (χ2v) is 5.06. The Hall–Kier alpha value is -0.400. The molecule has 7 heteroatoms. The summed E-state index contributed by atoms with van der Waals surface area (Å²) >= 11 is 0. The van der Waals surface area contributed by atoms with Crippen LogP contribution >= 0.6 is 21.6 Å². The Kier molecular flexibility index (Phi) is 5.93. The highest BCUT2D eigenvalue weighted by Gasteiger charge is 2.15. The van der Waals surface area contributed by atoms with Crippen molar-refractivity contribution in [2.75, 3.05) is 5.75 Å². The first kappa shape index (κ1) is 12.6. The number of hydrogen-bond acceptors (Lipinski definition) is 5. The van der Waals surface area contributed by atoms with Crippen LogP contribution < -0.4 is 5.73 Å². The summed E-state index contributed by atoms with van der Waals surface area (Å²) in [7, 11) is 2.26. The molecule has 0 spiro atoms. The Bertz CT molecular complexity index is 179. The molecule has 0 radical (unpaired) electrons. The Morgan fingerprint density at radius 1 is 1.38 bits per heavy atom. The van der Waals surface area contributed by atoms with Crippen LogP contribution in [0.3, 0.4) is 0 Å². The third-order valence-electron chi connectivity index (χ3n) is 1.12. The molecule has 2 atom stereocenters. The van der Waals surface area contributed by atoms with Crippen molar-refractivity contribution in [3.05, 3.63) is 0 Å². The van der Waals surface area contributed by atoms with E-state index in [2.05, 4.69) is 0 Å². The highest BCUT2D eigenvalue weighted by atomic mass is 33.1. The van der Waals surface area contributed by atoms with Crippen LogP contribution in [-0.4, -0.2) is 39.2 Å². The normalized spacial score (nSPS) is 14.9. The zero-order chi connectivity index (χ0) is 10.4. The fraction of sp³-hybridized carbons (Fsp3) is 0.667. The molecule has 0 bridgehead atoms. The molecular weight excluding hydrogens is 214 g/mol. The van der Waals surface area contributed by atoms with Crippen LogP contribution in [0.4, 0.5) is 0 Å². The molecule has 0 heterocycles. The van der Waals surface area contributed by atoms with Crippen molar-refractivity contribution in [2.24, 2.45) is 5.73 Å². The van der Waals surface area contributed by atoms with Gasteiger partial charge in [-0.3, -0.25) is 9.59 Å². The quantitative estimate of drug-likeness (QED) is 0.557. The number of carboxylic acid groups (broad SMARTS) is 2. The molecule has 0 fully saturated rings. The Morgan fingerprint density at radius 3 is 2.31 bits per heavy atom. The van der Waals surface area contributed by atoms with E-state index in [1.165, 1.54) is 6.92 Å². The molecule has 0 saturated carbocycles. The molecule has 76 valence electrons. The minimum Gasteiger partial charge on any atom is -0.480 e. The second-order valence-electron chi connectivity index (χ2n) is 2.31. The summed E-state index contributed by atoms with van der Waals surface area (Å²) in [4.78, 5) is 20.6. The van der Waals surface area contributed by atoms with Gasteiger partial charge in [0.15, 0.2) is 0 Å². The van der Waals surface area contributed by atoms with E-state index in [-0.39, 0.29) is 5.75 Å². The molecule has 0 aliphatic rings. The van der Waals surface area contributed by atoms with Crippen LogP contribution in [0.1, 0.15) is 6.92 Å². The highest BCUT2D eigenvalue weighted by molar-refractivity contribution is 8.77. The third kappa shape index (κ3) is 5.78. The summed E-state index contributed by atoms with van der Waals surface area (Å²) in [5, 5.41) is 16.3. The van der Waals surface area contributed by atoms with E-state index in [0.29, 0.717) is 0 Å². The van der Waals surface area contributed by atoms with Crippen LogP contribution in [0.2, 0.25) is 0 Å². The first-order valence-electron chi connectivity index (χ1n) is 3.44. The molecule has 0 saturated heterocycles. The van der Waals surface area contributed by atoms with Gasteiger partial charge in [-0.1, -0.05) is 21.6 Å². The molecular formula is C6H11NO4S2. The molecule has 0 aliphatic carbocycles. The van der Waals surface area contributed by atoms with Crippen LogP contribution in [0, 0.1) is 0 Å². The van der Waals surface area contributed by atoms with Gasteiger partial charge in [-0.15, -0.1) is 0 Å². The van der Waals surface area contributed by atoms with E-state index in [1.54, 1.807) is 0 Å². The summed E-state index contributed by atoms with van der Waals surface area (Å²) in [5.74, 6) is -1.78. The smallest absolute Gasteiger partial charge is 0.321 e. The zero-order valence-electron chi connectivity index (χ0n) is 6.97. The molecule has 2 unspecified atom stereocenters. The Labute approximate surface area is 83.5 Å². The largest absolute Gasteiger partial charge is 0.480 e. The van der Waals surface area contributed by atoms with Gasteiger partial charge in [0.2, 0.25) is 0 Å². The van der Waals surface area contributed by atoms with Gasteiger partial charge in [-0.25, -0.2) is 0 Å². The number of aliphatic carboxylic acids is 2. The van der Waals surface area contributed by atoms with Crippen LogP contribution in [-0.2, 0) is 9.59 Å². The zero-order valence-corrected chi connectivity index (χ0v) is 8.60. The monoisotopic (exact) mass is 225 g/mol. The summed E-state index contributed by atoms with van der Waals surface area (Å²) in [6, 6.07) is -0.932. The number of carboxylic acids is 2. The first-order valence-corrected chi connectivity index (χ1v) is 5.82. The Balaban J connectivity index is 3.56. The maximum atomic E-state index is 10.3. The van der Waals surface area contributed by atoms with Gasteiger partial charge < -0.3 is 15.9 Å². The van der Waals surface area contributed by atoms with Crippen molar-refractivity contribution >= 4 is 33.5 Å². The highest BCUT2D eigenvalue weighted by Crippen LogP contribution is 2.26. The Morgan fingerprint density at radius 2 is 1.92 bits per heavy atom. The van der Waals surface area contributed by atoms with Gasteiger partial charge in [-0.2, -0.15) is 0 Å². The van der Waals surface area contributed by atoms with Gasteiger partial charge in [0.25, 0.3) is 0 Å².